The molecule has 0 nitrogen and oxygen atoms in total. The van der Waals surface area contributed by atoms with Gasteiger partial charge in [-0.3, -0.25) is 0 Å². The molecule has 94 valence electrons. The van der Waals surface area contributed by atoms with E-state index in [4.69, 9.17) is 0 Å². The van der Waals surface area contributed by atoms with Crippen molar-refractivity contribution in [3.05, 3.63) is 71.6 Å². The van der Waals surface area contributed by atoms with Crippen LogP contribution in [-0.2, 0) is 0 Å². The maximum atomic E-state index is 2.31. The van der Waals surface area contributed by atoms with Gasteiger partial charge in [0.25, 0.3) is 14.1 Å². The predicted molar refractivity (Wildman–Crippen MR) is 72.8 cm³/mol. The number of hydrogen-bond acceptors (Lipinski definition) is 0. The smallest absolute Gasteiger partial charge is 0.251 e. The zero-order valence-corrected chi connectivity index (χ0v) is 13.6. The van der Waals surface area contributed by atoms with Gasteiger partial charge in [0.05, 0.1) is 0 Å². The van der Waals surface area contributed by atoms with Crippen molar-refractivity contribution >= 4 is 14.1 Å². The summed E-state index contributed by atoms with van der Waals surface area (Å²) in [5.74, 6) is 6.92. The minimum Gasteiger partial charge on any atom is -0.358 e. The van der Waals surface area contributed by atoms with E-state index in [-0.39, 0.29) is 58.9 Å². The van der Waals surface area contributed by atoms with Crippen LogP contribution in [0.1, 0.15) is 0 Å². The first kappa shape index (κ1) is 22.9. The first-order valence-corrected chi connectivity index (χ1v) is 8.53. The summed E-state index contributed by atoms with van der Waals surface area (Å²) < 4.78 is 0. The quantitative estimate of drug-likeness (QED) is 0.439. The predicted octanol–water partition coefficient (Wildman–Crippen LogP) is 3.86. The number of hydrogen-bond donors (Lipinski definition) is 0. The molecule has 2 heteroatoms. The molecule has 0 spiro atoms. The molecule has 0 atom stereocenters. The third-order valence-electron chi connectivity index (χ3n) is 1.11. The first-order chi connectivity index (χ1) is 6.73. The Bertz CT molecular complexity index is 68.9. The van der Waals surface area contributed by atoms with Gasteiger partial charge in [0, 0.05) is 37.3 Å². The van der Waals surface area contributed by atoms with Crippen molar-refractivity contribution in [2.75, 3.05) is 0 Å². The van der Waals surface area contributed by atoms with Crippen molar-refractivity contribution in [1.82, 2.24) is 0 Å². The third-order valence-corrected chi connectivity index (χ3v) is 1.11. The molecule has 0 saturated heterocycles. The molecule has 0 amide bonds. The molecule has 2 aliphatic rings. The third kappa shape index (κ3) is 24.8. The van der Waals surface area contributed by atoms with E-state index in [0.29, 0.717) is 0 Å². The molecule has 2 saturated carbocycles. The summed E-state index contributed by atoms with van der Waals surface area (Å²) >= 11 is -0.139. The second kappa shape index (κ2) is 19.1. The molecule has 2 fully saturated rings. The van der Waals surface area contributed by atoms with Crippen LogP contribution in [0.4, 0.5) is 0 Å². The summed E-state index contributed by atoms with van der Waals surface area (Å²) in [5.41, 5.74) is 0. The monoisotopic (exact) mass is 383 g/mol. The van der Waals surface area contributed by atoms with E-state index < -0.39 is 0 Å². The maximum Gasteiger partial charge on any atom is 0.251 e. The molecule has 0 bridgehead atoms. The van der Waals surface area contributed by atoms with Gasteiger partial charge in [-0.2, -0.15) is 0 Å². The van der Waals surface area contributed by atoms with Gasteiger partial charge < -0.3 is 7.43 Å². The van der Waals surface area contributed by atoms with Crippen LogP contribution in [0.2, 0.25) is 17.4 Å². The standard InChI is InChI=1S/2C5H5.4CH3.Al.Er/c2*1-2-4-5-3-1;;;;;;/h2*1-5H;4*1H3;;/q;;;;;-1;;. The molecule has 0 aromatic rings. The molecule has 0 unspecified atom stereocenters. The van der Waals surface area contributed by atoms with E-state index in [9.17, 15) is 0 Å². The fourth-order valence-corrected chi connectivity index (χ4v) is 0.642. The number of rotatable bonds is 0. The van der Waals surface area contributed by atoms with Crippen molar-refractivity contribution in [2.24, 2.45) is 0 Å². The Morgan fingerprint density at radius 3 is 0.625 bits per heavy atom. The second-order valence-electron chi connectivity index (χ2n) is 3.66. The Morgan fingerprint density at radius 1 is 0.500 bits per heavy atom. The SMILES string of the molecule is [CH3-].[CH3][Al]([CH3])[CH3].[CH]1[CH][CH][CH][CH]1.[CH]1[CH][CH][CH][CH]1.[Er]. The fourth-order valence-electron chi connectivity index (χ4n) is 0.642. The van der Waals surface area contributed by atoms with Gasteiger partial charge in [-0.05, 0) is 64.2 Å². The molecular formula is C14H22AlEr-. The summed E-state index contributed by atoms with van der Waals surface area (Å²) in [4.78, 5) is 0. The van der Waals surface area contributed by atoms with Crippen molar-refractivity contribution in [2.45, 2.75) is 17.4 Å². The topological polar surface area (TPSA) is 0 Å². The van der Waals surface area contributed by atoms with Gasteiger partial charge >= 0.3 is 0 Å². The van der Waals surface area contributed by atoms with Crippen molar-refractivity contribution in [1.29, 1.82) is 0 Å². The van der Waals surface area contributed by atoms with Crippen LogP contribution in [0.25, 0.3) is 0 Å². The van der Waals surface area contributed by atoms with Crippen LogP contribution in [-0.4, -0.2) is 14.1 Å². The molecule has 10 radical (unpaired) electrons. The van der Waals surface area contributed by atoms with Gasteiger partial charge in [0.2, 0.25) is 0 Å². The van der Waals surface area contributed by atoms with Crippen molar-refractivity contribution < 1.29 is 37.3 Å². The van der Waals surface area contributed by atoms with E-state index >= 15 is 0 Å². The molecule has 0 aromatic heterocycles. The summed E-state index contributed by atoms with van der Waals surface area (Å²) in [6, 6.07) is 0. The van der Waals surface area contributed by atoms with E-state index in [1.54, 1.807) is 0 Å². The minimum atomic E-state index is -0.139. The summed E-state index contributed by atoms with van der Waals surface area (Å²) in [5, 5.41) is 0. The molecule has 0 aliphatic heterocycles. The average Bonchev–Trinajstić information content (AvgIpc) is 2.83. The van der Waals surface area contributed by atoms with Crippen molar-refractivity contribution in [3.63, 3.8) is 0 Å². The zero-order valence-electron chi connectivity index (χ0n) is 10.6. The first-order valence-electron chi connectivity index (χ1n) is 5.07. The Labute approximate surface area is 139 Å². The van der Waals surface area contributed by atoms with E-state index in [2.05, 4.69) is 17.4 Å². The molecule has 16 heavy (non-hydrogen) atoms. The van der Waals surface area contributed by atoms with Gasteiger partial charge in [0.15, 0.2) is 0 Å². The molecule has 2 aliphatic carbocycles. The van der Waals surface area contributed by atoms with Crippen LogP contribution in [0.3, 0.4) is 0 Å². The Balaban J connectivity index is -0.000000151. The molecule has 2 rings (SSSR count). The fraction of sp³-hybridized carbons (Fsp3) is 0.214. The Hall–Kier alpha value is 1.78. The molecular weight excluding hydrogens is 362 g/mol. The van der Waals surface area contributed by atoms with Crippen LogP contribution in [0, 0.1) is 109 Å². The Kier molecular flexibility index (Phi) is 27.4. The van der Waals surface area contributed by atoms with Crippen molar-refractivity contribution in [3.8, 4) is 0 Å². The van der Waals surface area contributed by atoms with E-state index in [1.165, 1.54) is 0 Å². The summed E-state index contributed by atoms with van der Waals surface area (Å²) in [7, 11) is 0. The Morgan fingerprint density at radius 2 is 0.562 bits per heavy atom. The van der Waals surface area contributed by atoms with Gasteiger partial charge in [-0.25, -0.2) is 0 Å². The zero-order chi connectivity index (χ0) is 10.6. The van der Waals surface area contributed by atoms with E-state index in [0.717, 1.165) is 0 Å². The van der Waals surface area contributed by atoms with Crippen LogP contribution >= 0.6 is 0 Å². The largest absolute Gasteiger partial charge is 0.358 e. The van der Waals surface area contributed by atoms with Gasteiger partial charge in [-0.15, -0.1) is 17.4 Å². The molecule has 0 aromatic carbocycles. The van der Waals surface area contributed by atoms with Crippen LogP contribution in [0.5, 0.6) is 0 Å². The molecule has 0 heterocycles. The minimum absolute atomic E-state index is 0. The molecule has 0 N–H and O–H groups in total. The summed E-state index contributed by atoms with van der Waals surface area (Å²) in [6.45, 7) is 0. The maximum absolute atomic E-state index is 2.31. The van der Waals surface area contributed by atoms with Gasteiger partial charge in [-0.1, -0.05) is 0 Å². The van der Waals surface area contributed by atoms with Crippen LogP contribution < -0.4 is 0 Å². The van der Waals surface area contributed by atoms with E-state index in [1.807, 2.05) is 64.2 Å². The average molecular weight is 385 g/mol. The van der Waals surface area contributed by atoms with Crippen LogP contribution in [0.15, 0.2) is 0 Å². The summed E-state index contributed by atoms with van der Waals surface area (Å²) in [6.07, 6.45) is 20.0. The normalized spacial score (nSPS) is 16.7. The second-order valence-corrected chi connectivity index (χ2v) is 7.12. The van der Waals surface area contributed by atoms with Gasteiger partial charge in [0.1, 0.15) is 0 Å².